The van der Waals surface area contributed by atoms with E-state index < -0.39 is 0 Å². The van der Waals surface area contributed by atoms with Crippen LogP contribution >= 0.6 is 12.4 Å². The second-order valence-corrected chi connectivity index (χ2v) is 7.78. The molecule has 4 heteroatoms. The van der Waals surface area contributed by atoms with Crippen molar-refractivity contribution >= 4 is 18.4 Å². The van der Waals surface area contributed by atoms with E-state index in [2.05, 4.69) is 19.1 Å². The van der Waals surface area contributed by atoms with Gasteiger partial charge in [-0.15, -0.1) is 12.4 Å². The van der Waals surface area contributed by atoms with Gasteiger partial charge in [0.25, 0.3) is 0 Å². The Kier molecular flexibility index (Phi) is 28.0. The number of hydrogen-bond acceptors (Lipinski definition) is 3. The molecule has 2 N–H and O–H groups in total. The molecule has 0 heterocycles. The van der Waals surface area contributed by atoms with Gasteiger partial charge >= 0.3 is 5.97 Å². The summed E-state index contributed by atoms with van der Waals surface area (Å²) in [6.45, 7) is 2.80. The first-order chi connectivity index (χ1) is 13.3. The molecule has 0 aliphatic rings. The number of esters is 1. The third kappa shape index (κ3) is 25.5. The van der Waals surface area contributed by atoms with Crippen molar-refractivity contribution in [3.8, 4) is 0 Å². The molecule has 168 valence electrons. The Morgan fingerprint density at radius 3 is 1.50 bits per heavy atom. The fourth-order valence-corrected chi connectivity index (χ4v) is 3.30. The monoisotopic (exact) mass is 417 g/mol. The number of carbonyl (C=O) groups is 1. The van der Waals surface area contributed by atoms with Gasteiger partial charge < -0.3 is 10.5 Å². The van der Waals surface area contributed by atoms with Gasteiger partial charge in [-0.3, -0.25) is 4.79 Å². The quantitative estimate of drug-likeness (QED) is 0.119. The van der Waals surface area contributed by atoms with Gasteiger partial charge in [-0.25, -0.2) is 0 Å². The zero-order valence-electron chi connectivity index (χ0n) is 18.6. The van der Waals surface area contributed by atoms with Crippen LogP contribution in [0.5, 0.6) is 0 Å². The zero-order chi connectivity index (χ0) is 19.8. The van der Waals surface area contributed by atoms with E-state index >= 15 is 0 Å². The number of nitrogens with two attached hydrogens (primary N) is 1. The first kappa shape index (κ1) is 29.7. The second kappa shape index (κ2) is 26.5. The lowest BCUT2D eigenvalue weighted by molar-refractivity contribution is -0.142. The minimum Gasteiger partial charge on any atom is -0.465 e. The maximum Gasteiger partial charge on any atom is 0.319 e. The molecule has 0 aliphatic heterocycles. The predicted octanol–water partition coefficient (Wildman–Crippen LogP) is 7.51. The molecule has 0 aromatic rings. The summed E-state index contributed by atoms with van der Waals surface area (Å²) < 4.78 is 4.96. The maximum absolute atomic E-state index is 10.9. The highest BCUT2D eigenvalue weighted by molar-refractivity contribution is 5.85. The van der Waals surface area contributed by atoms with Crippen LogP contribution in [0.2, 0.25) is 0 Å². The summed E-state index contributed by atoms with van der Waals surface area (Å²) in [7, 11) is 0. The van der Waals surface area contributed by atoms with E-state index in [1.165, 1.54) is 103 Å². The van der Waals surface area contributed by atoms with Gasteiger partial charge in [-0.2, -0.15) is 0 Å². The van der Waals surface area contributed by atoms with Crippen molar-refractivity contribution < 1.29 is 9.53 Å². The highest BCUT2D eigenvalue weighted by Gasteiger charge is 1.97. The molecule has 0 aromatic carbocycles. The molecule has 0 unspecified atom stereocenters. The first-order valence-electron chi connectivity index (χ1n) is 11.8. The van der Waals surface area contributed by atoms with E-state index in [0.717, 1.165) is 12.8 Å². The molecular formula is C24H48ClNO2. The van der Waals surface area contributed by atoms with Crippen LogP contribution in [0.15, 0.2) is 12.2 Å². The summed E-state index contributed by atoms with van der Waals surface area (Å²) in [6, 6.07) is 0. The molecule has 3 nitrogen and oxygen atoms in total. The minimum atomic E-state index is -0.289. The molecule has 0 saturated carbocycles. The van der Waals surface area contributed by atoms with Crippen molar-refractivity contribution in [3.63, 3.8) is 0 Å². The van der Waals surface area contributed by atoms with Crippen LogP contribution in [-0.2, 0) is 9.53 Å². The van der Waals surface area contributed by atoms with Crippen LogP contribution in [0.3, 0.4) is 0 Å². The van der Waals surface area contributed by atoms with Gasteiger partial charge in [0.05, 0.1) is 13.2 Å². The van der Waals surface area contributed by atoms with E-state index in [1.54, 1.807) is 0 Å². The standard InChI is InChI=1S/C24H47NO2.ClH/c1-2-3-4-5-6-7-8-9-10-11-12-13-14-15-16-17-18-19-20-21-22-27-24(26)23-25;/h9-10H,2-8,11-23,25H2,1H3;1H/b10-9-;. The van der Waals surface area contributed by atoms with Crippen molar-refractivity contribution in [2.75, 3.05) is 13.2 Å². The highest BCUT2D eigenvalue weighted by atomic mass is 35.5. The van der Waals surface area contributed by atoms with Crippen molar-refractivity contribution in [1.29, 1.82) is 0 Å². The molecular weight excluding hydrogens is 370 g/mol. The molecule has 0 spiro atoms. The van der Waals surface area contributed by atoms with E-state index in [9.17, 15) is 4.79 Å². The molecule has 0 rings (SSSR count). The number of ether oxygens (including phenoxy) is 1. The maximum atomic E-state index is 10.9. The second-order valence-electron chi connectivity index (χ2n) is 7.78. The summed E-state index contributed by atoms with van der Waals surface area (Å²) in [5.41, 5.74) is 5.18. The fourth-order valence-electron chi connectivity index (χ4n) is 3.30. The van der Waals surface area contributed by atoms with E-state index in [-0.39, 0.29) is 24.9 Å². The van der Waals surface area contributed by atoms with Crippen LogP contribution in [0.1, 0.15) is 122 Å². The molecule has 0 aliphatic carbocycles. The van der Waals surface area contributed by atoms with Crippen molar-refractivity contribution in [1.82, 2.24) is 0 Å². The lowest BCUT2D eigenvalue weighted by atomic mass is 10.1. The van der Waals surface area contributed by atoms with Crippen molar-refractivity contribution in [3.05, 3.63) is 12.2 Å². The summed E-state index contributed by atoms with van der Waals surface area (Å²) >= 11 is 0. The molecule has 0 bridgehead atoms. The topological polar surface area (TPSA) is 52.3 Å². The number of carbonyl (C=O) groups excluding carboxylic acids is 1. The van der Waals surface area contributed by atoms with Crippen molar-refractivity contribution in [2.24, 2.45) is 5.73 Å². The Hall–Kier alpha value is -0.540. The summed E-state index contributed by atoms with van der Waals surface area (Å²) in [5, 5.41) is 0. The van der Waals surface area contributed by atoms with Crippen LogP contribution in [-0.4, -0.2) is 19.1 Å². The molecule has 0 amide bonds. The molecule has 0 atom stereocenters. The summed E-state index contributed by atoms with van der Waals surface area (Å²) in [6.07, 6.45) is 28.6. The van der Waals surface area contributed by atoms with Gasteiger partial charge in [-0.05, 0) is 32.1 Å². The third-order valence-corrected chi connectivity index (χ3v) is 5.09. The van der Waals surface area contributed by atoms with Crippen molar-refractivity contribution in [2.45, 2.75) is 122 Å². The molecule has 0 radical (unpaired) electrons. The lowest BCUT2D eigenvalue weighted by Gasteiger charge is -2.04. The van der Waals surface area contributed by atoms with E-state index in [1.807, 2.05) is 0 Å². The lowest BCUT2D eigenvalue weighted by Crippen LogP contribution is -2.17. The normalized spacial score (nSPS) is 10.9. The smallest absolute Gasteiger partial charge is 0.319 e. The third-order valence-electron chi connectivity index (χ3n) is 5.09. The molecule has 0 aromatic heterocycles. The van der Waals surface area contributed by atoms with Crippen LogP contribution in [0, 0.1) is 0 Å². The average Bonchev–Trinajstić information content (AvgIpc) is 2.68. The molecule has 0 fully saturated rings. The van der Waals surface area contributed by atoms with Crippen LogP contribution in [0.4, 0.5) is 0 Å². The van der Waals surface area contributed by atoms with Gasteiger partial charge in [0.15, 0.2) is 0 Å². The number of hydrogen-bond donors (Lipinski definition) is 1. The fraction of sp³-hybridized carbons (Fsp3) is 0.875. The first-order valence-corrected chi connectivity index (χ1v) is 11.8. The van der Waals surface area contributed by atoms with Gasteiger partial charge in [0.2, 0.25) is 0 Å². The number of allylic oxidation sites excluding steroid dienone is 2. The van der Waals surface area contributed by atoms with Gasteiger partial charge in [-0.1, -0.05) is 103 Å². The van der Waals surface area contributed by atoms with Gasteiger partial charge in [0, 0.05) is 0 Å². The number of halogens is 1. The molecule has 28 heavy (non-hydrogen) atoms. The van der Waals surface area contributed by atoms with Gasteiger partial charge in [0.1, 0.15) is 0 Å². The average molecular weight is 418 g/mol. The predicted molar refractivity (Wildman–Crippen MR) is 125 cm³/mol. The Balaban J connectivity index is 0. The summed E-state index contributed by atoms with van der Waals surface area (Å²) in [5.74, 6) is -0.289. The Morgan fingerprint density at radius 2 is 1.07 bits per heavy atom. The molecule has 0 saturated heterocycles. The zero-order valence-corrected chi connectivity index (χ0v) is 19.4. The SMILES string of the molecule is CCCCCCCC/C=C\CCCCCCCCCCCCOC(=O)CN.Cl. The Morgan fingerprint density at radius 1 is 0.679 bits per heavy atom. The van der Waals surface area contributed by atoms with E-state index in [0.29, 0.717) is 6.61 Å². The largest absolute Gasteiger partial charge is 0.465 e. The summed E-state index contributed by atoms with van der Waals surface area (Å²) in [4.78, 5) is 10.9. The van der Waals surface area contributed by atoms with Crippen LogP contribution < -0.4 is 5.73 Å². The highest BCUT2D eigenvalue weighted by Crippen LogP contribution is 2.12. The number of rotatable bonds is 21. The van der Waals surface area contributed by atoms with E-state index in [4.69, 9.17) is 10.5 Å². The minimum absolute atomic E-state index is 0. The Bertz CT molecular complexity index is 335. The van der Waals surface area contributed by atoms with Crippen LogP contribution in [0.25, 0.3) is 0 Å². The number of unbranched alkanes of at least 4 members (excludes halogenated alkanes) is 16. The Labute approximate surface area is 181 Å².